The maximum absolute atomic E-state index is 11.8. The zero-order valence-corrected chi connectivity index (χ0v) is 22.2. The van der Waals surface area contributed by atoms with Gasteiger partial charge in [0.1, 0.15) is 12.0 Å². The van der Waals surface area contributed by atoms with Gasteiger partial charge in [0, 0.05) is 48.0 Å². The monoisotopic (exact) mass is 494 g/mol. The number of carbonyl (C=O) groups is 1. The van der Waals surface area contributed by atoms with E-state index in [1.54, 1.807) is 0 Å². The first-order valence-electron chi connectivity index (χ1n) is 14.9. The van der Waals surface area contributed by atoms with Crippen molar-refractivity contribution in [2.75, 3.05) is 6.54 Å². The summed E-state index contributed by atoms with van der Waals surface area (Å²) in [6, 6.07) is 9.47. The van der Waals surface area contributed by atoms with Crippen molar-refractivity contribution >= 4 is 6.29 Å². The van der Waals surface area contributed by atoms with Crippen LogP contribution in [0.1, 0.15) is 99.9 Å². The Bertz CT molecular complexity index is 934. The molecule has 0 aromatic heterocycles. The van der Waals surface area contributed by atoms with Crippen LogP contribution in [-0.2, 0) is 0 Å². The number of nitrogens with one attached hydrogen (secondary N) is 1. The van der Waals surface area contributed by atoms with Crippen LogP contribution in [0.3, 0.4) is 0 Å². The van der Waals surface area contributed by atoms with Crippen LogP contribution in [0.4, 0.5) is 0 Å². The van der Waals surface area contributed by atoms with Crippen LogP contribution in [0, 0.1) is 29.6 Å². The van der Waals surface area contributed by atoms with Crippen molar-refractivity contribution in [3.63, 3.8) is 0 Å². The second-order valence-corrected chi connectivity index (χ2v) is 13.4. The minimum absolute atomic E-state index is 0.149. The second kappa shape index (κ2) is 9.80. The third-order valence-electron chi connectivity index (χ3n) is 10.8. The molecule has 0 bridgehead atoms. The molecule has 6 rings (SSSR count). The number of benzene rings is 1. The van der Waals surface area contributed by atoms with Gasteiger partial charge in [-0.05, 0) is 74.7 Å². The van der Waals surface area contributed by atoms with E-state index in [0.717, 1.165) is 62.3 Å². The lowest BCUT2D eigenvalue weighted by Crippen LogP contribution is -2.52. The molecule has 3 saturated heterocycles. The van der Waals surface area contributed by atoms with Crippen molar-refractivity contribution in [1.82, 2.24) is 10.2 Å². The number of rotatable bonds is 7. The Hall–Kier alpha value is -1.27. The summed E-state index contributed by atoms with van der Waals surface area (Å²) in [5, 5.41) is 26.1. The SMILES string of the molecule is CC(C)CC1CCCC(C(c2ccc(C=O)cc2)C2CC(C3CCC4C(O)CCC4N3)C3(O)CN23)C1. The average Bonchev–Trinajstić information content (AvgIpc) is 3.30. The molecule has 2 aliphatic carbocycles. The van der Waals surface area contributed by atoms with Crippen LogP contribution in [0.2, 0.25) is 0 Å². The summed E-state index contributed by atoms with van der Waals surface area (Å²) in [4.78, 5) is 13.8. The Labute approximate surface area is 217 Å². The van der Waals surface area contributed by atoms with E-state index in [2.05, 4.69) is 36.2 Å². The Balaban J connectivity index is 1.25. The predicted octanol–water partition coefficient (Wildman–Crippen LogP) is 4.72. The molecular formula is C31H46N2O3. The maximum Gasteiger partial charge on any atom is 0.150 e. The first kappa shape index (κ1) is 25.0. The summed E-state index contributed by atoms with van der Waals surface area (Å²) < 4.78 is 0. The highest BCUT2D eigenvalue weighted by Crippen LogP contribution is 2.57. The third kappa shape index (κ3) is 4.48. The number of aldehydes is 1. The van der Waals surface area contributed by atoms with Gasteiger partial charge in [-0.25, -0.2) is 0 Å². The Morgan fingerprint density at radius 1 is 1.06 bits per heavy atom. The molecule has 0 radical (unpaired) electrons. The van der Waals surface area contributed by atoms with Crippen LogP contribution < -0.4 is 5.32 Å². The minimum atomic E-state index is -0.667. The number of fused-ring (bicyclic) bond motifs is 2. The zero-order chi connectivity index (χ0) is 25.0. The summed E-state index contributed by atoms with van der Waals surface area (Å²) >= 11 is 0. The van der Waals surface area contributed by atoms with Gasteiger partial charge in [-0.15, -0.1) is 0 Å². The highest BCUT2D eigenvalue weighted by molar-refractivity contribution is 5.74. The molecular weight excluding hydrogens is 448 g/mol. The summed E-state index contributed by atoms with van der Waals surface area (Å²) in [5.41, 5.74) is 1.43. The molecule has 5 heteroatoms. The van der Waals surface area contributed by atoms with Gasteiger partial charge in [0.25, 0.3) is 0 Å². The van der Waals surface area contributed by atoms with Crippen LogP contribution >= 0.6 is 0 Å². The molecule has 0 spiro atoms. The predicted molar refractivity (Wildman–Crippen MR) is 142 cm³/mol. The van der Waals surface area contributed by atoms with Gasteiger partial charge in [0.2, 0.25) is 0 Å². The van der Waals surface area contributed by atoms with Gasteiger partial charge in [-0.1, -0.05) is 51.0 Å². The normalized spacial score (nSPS) is 44.8. The fourth-order valence-corrected chi connectivity index (χ4v) is 9.19. The van der Waals surface area contributed by atoms with Gasteiger partial charge < -0.3 is 15.5 Å². The van der Waals surface area contributed by atoms with Crippen LogP contribution in [0.15, 0.2) is 24.3 Å². The van der Waals surface area contributed by atoms with E-state index in [1.807, 2.05) is 12.1 Å². The third-order valence-corrected chi connectivity index (χ3v) is 10.8. The molecule has 3 heterocycles. The van der Waals surface area contributed by atoms with Crippen LogP contribution in [0.25, 0.3) is 0 Å². The van der Waals surface area contributed by atoms with Gasteiger partial charge in [0.15, 0.2) is 0 Å². The van der Waals surface area contributed by atoms with Crippen LogP contribution in [-0.4, -0.2) is 57.9 Å². The molecule has 1 aromatic rings. The van der Waals surface area contributed by atoms with Gasteiger partial charge in [-0.3, -0.25) is 9.69 Å². The van der Waals surface area contributed by atoms with E-state index in [1.165, 1.54) is 37.7 Å². The summed E-state index contributed by atoms with van der Waals surface area (Å²) in [5.74, 6) is 3.23. The molecule has 5 aliphatic rings. The molecule has 36 heavy (non-hydrogen) atoms. The second-order valence-electron chi connectivity index (χ2n) is 13.4. The molecule has 2 saturated carbocycles. The highest BCUT2D eigenvalue weighted by Gasteiger charge is 2.68. The Morgan fingerprint density at radius 2 is 1.83 bits per heavy atom. The van der Waals surface area contributed by atoms with Gasteiger partial charge in [0.05, 0.1) is 6.10 Å². The summed E-state index contributed by atoms with van der Waals surface area (Å²) in [6.07, 6.45) is 12.5. The van der Waals surface area contributed by atoms with Crippen molar-refractivity contribution in [1.29, 1.82) is 0 Å². The largest absolute Gasteiger partial charge is 0.393 e. The van der Waals surface area contributed by atoms with Crippen molar-refractivity contribution in [3.05, 3.63) is 35.4 Å². The summed E-state index contributed by atoms with van der Waals surface area (Å²) in [7, 11) is 0. The van der Waals surface area contributed by atoms with Gasteiger partial charge >= 0.3 is 0 Å². The molecule has 11 atom stereocenters. The number of piperidine rings is 2. The zero-order valence-electron chi connectivity index (χ0n) is 22.2. The van der Waals surface area contributed by atoms with E-state index in [-0.39, 0.29) is 12.0 Å². The van der Waals surface area contributed by atoms with Crippen molar-refractivity contribution in [3.8, 4) is 0 Å². The highest BCUT2D eigenvalue weighted by atomic mass is 16.3. The van der Waals surface area contributed by atoms with Crippen molar-refractivity contribution < 1.29 is 15.0 Å². The molecule has 3 aliphatic heterocycles. The fourth-order valence-electron chi connectivity index (χ4n) is 9.19. The molecule has 3 N–H and O–H groups in total. The molecule has 11 unspecified atom stereocenters. The number of hydrogen-bond acceptors (Lipinski definition) is 5. The maximum atomic E-state index is 11.8. The number of aliphatic hydroxyl groups excluding tert-OH is 1. The Morgan fingerprint density at radius 3 is 2.58 bits per heavy atom. The number of hydrogen-bond donors (Lipinski definition) is 3. The van der Waals surface area contributed by atoms with Crippen molar-refractivity contribution in [2.45, 2.75) is 114 Å². The first-order chi connectivity index (χ1) is 17.4. The van der Waals surface area contributed by atoms with E-state index in [0.29, 0.717) is 35.9 Å². The molecule has 5 fully saturated rings. The molecule has 5 nitrogen and oxygen atoms in total. The van der Waals surface area contributed by atoms with Crippen molar-refractivity contribution in [2.24, 2.45) is 29.6 Å². The smallest absolute Gasteiger partial charge is 0.150 e. The number of aliphatic hydroxyl groups is 2. The molecule has 198 valence electrons. The standard InChI is InChI=1S/C31H46N2O3/c1-19(2)14-21-4-3-5-23(15-21)30(22-8-6-20(17-34)7-9-22)28-16-25(31(36)18-33(28)31)27-11-10-24-26(32-27)12-13-29(24)35/h6-9,17,19,21,23-30,32,35-36H,3-5,10-16,18H2,1-2H3. The number of nitrogens with zero attached hydrogens (tertiary/aromatic N) is 1. The lowest BCUT2D eigenvalue weighted by Gasteiger charge is -2.41. The van der Waals surface area contributed by atoms with E-state index < -0.39 is 5.72 Å². The lowest BCUT2D eigenvalue weighted by molar-refractivity contribution is 0.0242. The summed E-state index contributed by atoms with van der Waals surface area (Å²) in [6.45, 7) is 5.49. The van der Waals surface area contributed by atoms with Gasteiger partial charge in [-0.2, -0.15) is 0 Å². The lowest BCUT2D eigenvalue weighted by atomic mass is 9.67. The minimum Gasteiger partial charge on any atom is -0.393 e. The Kier molecular flexibility index (Phi) is 6.81. The van der Waals surface area contributed by atoms with E-state index >= 15 is 0 Å². The number of carbonyl (C=O) groups excluding carboxylic acids is 1. The molecule has 0 amide bonds. The van der Waals surface area contributed by atoms with E-state index in [9.17, 15) is 15.0 Å². The first-order valence-corrected chi connectivity index (χ1v) is 14.9. The average molecular weight is 495 g/mol. The van der Waals surface area contributed by atoms with E-state index in [4.69, 9.17) is 0 Å². The fraction of sp³-hybridized carbons (Fsp3) is 0.774. The topological polar surface area (TPSA) is 72.6 Å². The van der Waals surface area contributed by atoms with Crippen LogP contribution in [0.5, 0.6) is 0 Å². The quantitative estimate of drug-likeness (QED) is 0.378. The molecule has 1 aromatic carbocycles.